The predicted octanol–water partition coefficient (Wildman–Crippen LogP) is 11.6. The van der Waals surface area contributed by atoms with Gasteiger partial charge < -0.3 is 19.7 Å². The van der Waals surface area contributed by atoms with E-state index in [1.54, 1.807) is 0 Å². The molecule has 0 aliphatic heterocycles. The Hall–Kier alpha value is -1.81. The van der Waals surface area contributed by atoms with Gasteiger partial charge in [0.15, 0.2) is 0 Å². The first-order valence-electron chi connectivity index (χ1n) is 26.9. The molecule has 0 heterocycles. The Morgan fingerprint density at radius 2 is 1.17 bits per heavy atom. The van der Waals surface area contributed by atoms with E-state index < -0.39 is 0 Å². The molecule has 6 atom stereocenters. The molecule has 0 aromatic heterocycles. The molecule has 9 heteroatoms. The van der Waals surface area contributed by atoms with Gasteiger partial charge in [0, 0.05) is 57.3 Å². The molecule has 3 saturated carbocycles. The Kier molecular flexibility index (Phi) is 25.4. The predicted molar refractivity (Wildman–Crippen MR) is 256 cm³/mol. The lowest BCUT2D eigenvalue weighted by Crippen LogP contribution is -2.50. The number of carbonyl (C=O) groups is 3. The standard InChI is InChI=1S/C54H96N2O7/c1-5-7-9-11-13-17-23-45(24-18-14-12-10-8-6-2)62-51(60)25-19-15-21-35-55(39-41-57)37-38-56(40-42-58)36-22-16-20-26-52(61)63-46-31-33-53(3)44(43-46)27-28-47-48-29-30-50(59)54(48,4)34-32-49(47)53/h27,45-49,57-58H,5-26,28-43H2,1-4H3. The van der Waals surface area contributed by atoms with Gasteiger partial charge in [-0.3, -0.25) is 24.2 Å². The van der Waals surface area contributed by atoms with Gasteiger partial charge in [-0.25, -0.2) is 0 Å². The number of aliphatic hydroxyl groups excluding tert-OH is 2. The van der Waals surface area contributed by atoms with Crippen LogP contribution in [0, 0.1) is 28.6 Å². The smallest absolute Gasteiger partial charge is 0.306 e. The average molecular weight is 885 g/mol. The lowest BCUT2D eigenvalue weighted by atomic mass is 9.48. The number of hydrogen-bond donors (Lipinski definition) is 2. The normalized spacial score (nSPS) is 25.6. The third-order valence-corrected chi connectivity index (χ3v) is 16.4. The van der Waals surface area contributed by atoms with Crippen molar-refractivity contribution in [3.8, 4) is 0 Å². The lowest BCUT2D eigenvalue weighted by molar-refractivity contribution is -0.152. The van der Waals surface area contributed by atoms with Crippen molar-refractivity contribution in [1.82, 2.24) is 9.80 Å². The zero-order valence-electron chi connectivity index (χ0n) is 41.2. The highest BCUT2D eigenvalue weighted by atomic mass is 16.5. The summed E-state index contributed by atoms with van der Waals surface area (Å²) in [6.07, 6.45) is 34.0. The Balaban J connectivity index is 1.07. The number of nitrogens with zero attached hydrogens (tertiary/aromatic N) is 2. The Morgan fingerprint density at radius 1 is 0.651 bits per heavy atom. The van der Waals surface area contributed by atoms with Crippen LogP contribution in [0.5, 0.6) is 0 Å². The molecular formula is C54H96N2O7. The highest BCUT2D eigenvalue weighted by molar-refractivity contribution is 5.87. The van der Waals surface area contributed by atoms with Crippen LogP contribution in [0.3, 0.4) is 0 Å². The highest BCUT2D eigenvalue weighted by Crippen LogP contribution is 2.64. The summed E-state index contributed by atoms with van der Waals surface area (Å²) < 4.78 is 12.1. The van der Waals surface area contributed by atoms with Crippen molar-refractivity contribution >= 4 is 17.7 Å². The van der Waals surface area contributed by atoms with Crippen LogP contribution in [0.15, 0.2) is 11.6 Å². The summed E-state index contributed by atoms with van der Waals surface area (Å²) in [6.45, 7) is 14.1. The van der Waals surface area contributed by atoms with Crippen molar-refractivity contribution in [1.29, 1.82) is 0 Å². The van der Waals surface area contributed by atoms with Crippen molar-refractivity contribution in [3.05, 3.63) is 11.6 Å². The summed E-state index contributed by atoms with van der Waals surface area (Å²) in [4.78, 5) is 43.3. The molecule has 3 fully saturated rings. The number of rotatable bonds is 35. The molecule has 63 heavy (non-hydrogen) atoms. The molecule has 0 radical (unpaired) electrons. The van der Waals surface area contributed by atoms with Crippen molar-refractivity contribution in [2.75, 3.05) is 52.5 Å². The number of fused-ring (bicyclic) bond motifs is 5. The largest absolute Gasteiger partial charge is 0.462 e. The van der Waals surface area contributed by atoms with Crippen molar-refractivity contribution in [2.45, 2.75) is 233 Å². The Bertz CT molecular complexity index is 1320. The Labute approximate surface area is 385 Å². The molecule has 6 unspecified atom stereocenters. The van der Waals surface area contributed by atoms with E-state index in [9.17, 15) is 24.6 Å². The summed E-state index contributed by atoms with van der Waals surface area (Å²) in [5, 5.41) is 19.6. The number of ether oxygens (including phenoxy) is 2. The van der Waals surface area contributed by atoms with E-state index in [0.29, 0.717) is 49.5 Å². The first-order valence-corrected chi connectivity index (χ1v) is 26.9. The molecule has 0 bridgehead atoms. The highest BCUT2D eigenvalue weighted by Gasteiger charge is 2.58. The number of aliphatic hydroxyl groups is 2. The van der Waals surface area contributed by atoms with Crippen molar-refractivity contribution in [2.24, 2.45) is 28.6 Å². The fourth-order valence-electron chi connectivity index (χ4n) is 12.4. The molecule has 364 valence electrons. The first-order chi connectivity index (χ1) is 30.6. The summed E-state index contributed by atoms with van der Waals surface area (Å²) in [7, 11) is 0. The van der Waals surface area contributed by atoms with E-state index in [1.165, 1.54) is 69.8 Å². The van der Waals surface area contributed by atoms with E-state index in [4.69, 9.17) is 9.47 Å². The van der Waals surface area contributed by atoms with E-state index in [2.05, 4.69) is 43.6 Å². The minimum atomic E-state index is -0.0979. The molecule has 0 saturated heterocycles. The molecule has 9 nitrogen and oxygen atoms in total. The average Bonchev–Trinajstić information content (AvgIpc) is 3.58. The molecule has 4 aliphatic carbocycles. The SMILES string of the molecule is CCCCCCCCC(CCCCCCCC)OC(=O)CCCCCN(CCO)CCN(CCO)CCCCCC(=O)OC1CCC2(C)C(=CCC3C4CCC(=O)C4(C)CCC32)C1. The Morgan fingerprint density at radius 3 is 1.76 bits per heavy atom. The van der Waals surface area contributed by atoms with E-state index >= 15 is 0 Å². The maximum Gasteiger partial charge on any atom is 0.306 e. The maximum atomic E-state index is 13.0. The van der Waals surface area contributed by atoms with Crippen LogP contribution < -0.4 is 0 Å². The van der Waals surface area contributed by atoms with Gasteiger partial charge in [0.25, 0.3) is 0 Å². The molecule has 0 aromatic rings. The van der Waals surface area contributed by atoms with Crippen LogP contribution in [0.25, 0.3) is 0 Å². The summed E-state index contributed by atoms with van der Waals surface area (Å²) in [6, 6.07) is 0. The third kappa shape index (κ3) is 17.7. The van der Waals surface area contributed by atoms with Crippen LogP contribution in [0.4, 0.5) is 0 Å². The first kappa shape index (κ1) is 53.8. The molecule has 0 spiro atoms. The second kappa shape index (κ2) is 29.8. The second-order valence-corrected chi connectivity index (χ2v) is 21.0. The molecule has 0 aromatic carbocycles. The van der Waals surface area contributed by atoms with Crippen molar-refractivity contribution in [3.63, 3.8) is 0 Å². The van der Waals surface area contributed by atoms with Gasteiger partial charge in [-0.05, 0) is 126 Å². The van der Waals surface area contributed by atoms with E-state index in [1.807, 2.05) is 0 Å². The molecule has 4 rings (SSSR count). The molecule has 2 N–H and O–H groups in total. The van der Waals surface area contributed by atoms with Crippen LogP contribution >= 0.6 is 0 Å². The summed E-state index contributed by atoms with van der Waals surface area (Å²) in [5.74, 6) is 2.19. The summed E-state index contributed by atoms with van der Waals surface area (Å²) in [5.41, 5.74) is 1.58. The summed E-state index contributed by atoms with van der Waals surface area (Å²) >= 11 is 0. The van der Waals surface area contributed by atoms with Crippen LogP contribution in [-0.2, 0) is 23.9 Å². The van der Waals surface area contributed by atoms with Gasteiger partial charge in [0.05, 0.1) is 13.2 Å². The third-order valence-electron chi connectivity index (χ3n) is 16.4. The van der Waals surface area contributed by atoms with E-state index in [-0.39, 0.29) is 48.2 Å². The van der Waals surface area contributed by atoms with Gasteiger partial charge in [-0.15, -0.1) is 0 Å². The van der Waals surface area contributed by atoms with Crippen LogP contribution in [-0.4, -0.2) is 102 Å². The van der Waals surface area contributed by atoms with Gasteiger partial charge >= 0.3 is 11.9 Å². The minimum Gasteiger partial charge on any atom is -0.462 e. The zero-order valence-corrected chi connectivity index (χ0v) is 41.2. The number of Topliss-reactive ketones (excluding diaryl/α,β-unsaturated/α-hetero) is 1. The fourth-order valence-corrected chi connectivity index (χ4v) is 12.4. The minimum absolute atomic E-state index is 0.0226. The zero-order chi connectivity index (χ0) is 45.3. The second-order valence-electron chi connectivity index (χ2n) is 21.0. The van der Waals surface area contributed by atoms with Crippen molar-refractivity contribution < 1.29 is 34.1 Å². The van der Waals surface area contributed by atoms with Crippen LogP contribution in [0.2, 0.25) is 0 Å². The van der Waals surface area contributed by atoms with E-state index in [0.717, 1.165) is 142 Å². The topological polar surface area (TPSA) is 117 Å². The number of allylic oxidation sites excluding steroid dienone is 1. The number of esters is 2. The number of unbranched alkanes of at least 4 members (excludes halogenated alkanes) is 14. The quantitative estimate of drug-likeness (QED) is 0.0364. The number of hydrogen-bond acceptors (Lipinski definition) is 9. The number of ketones is 1. The lowest BCUT2D eigenvalue weighted by Gasteiger charge is -2.56. The van der Waals surface area contributed by atoms with Gasteiger partial charge in [-0.1, -0.05) is 116 Å². The molecular weight excluding hydrogens is 789 g/mol. The monoisotopic (exact) mass is 885 g/mol. The fraction of sp³-hybridized carbons (Fsp3) is 0.907. The molecule has 4 aliphatic rings. The van der Waals surface area contributed by atoms with Gasteiger partial charge in [0.1, 0.15) is 18.0 Å². The maximum absolute atomic E-state index is 13.0. The molecule has 0 amide bonds. The number of carbonyl (C=O) groups excluding carboxylic acids is 3. The van der Waals surface area contributed by atoms with Crippen LogP contribution in [0.1, 0.15) is 220 Å². The van der Waals surface area contributed by atoms with Gasteiger partial charge in [0.2, 0.25) is 0 Å². The van der Waals surface area contributed by atoms with Gasteiger partial charge in [-0.2, -0.15) is 0 Å².